The zero-order chi connectivity index (χ0) is 11.9. The number of carbonyl (C=O) groups excluding carboxylic acids is 1. The number of carbonyl (C=O) groups is 1. The number of amides is 1. The monoisotopic (exact) mass is 240 g/mol. The summed E-state index contributed by atoms with van der Waals surface area (Å²) in [5.74, 6) is 0.824. The molecule has 17 heavy (non-hydrogen) atoms. The van der Waals surface area contributed by atoms with E-state index in [1.807, 2.05) is 0 Å². The Morgan fingerprint density at radius 3 is 2.94 bits per heavy atom. The number of piperidine rings is 1. The Balaban J connectivity index is 1.58. The molecule has 2 heterocycles. The number of rotatable bonds is 4. The average Bonchev–Trinajstić information content (AvgIpc) is 2.41. The first-order chi connectivity index (χ1) is 8.36. The zero-order valence-corrected chi connectivity index (χ0v) is 10.5. The largest absolute Gasteiger partial charge is 0.368 e. The number of hydrogen-bond acceptors (Lipinski definition) is 3. The third-order valence-corrected chi connectivity index (χ3v) is 3.72. The van der Waals surface area contributed by atoms with Gasteiger partial charge in [0.05, 0.1) is 0 Å². The van der Waals surface area contributed by atoms with Crippen molar-refractivity contribution in [1.29, 1.82) is 0 Å². The van der Waals surface area contributed by atoms with Gasteiger partial charge >= 0.3 is 0 Å². The van der Waals surface area contributed by atoms with Crippen LogP contribution in [0.3, 0.4) is 0 Å². The van der Waals surface area contributed by atoms with Crippen LogP contribution in [0.2, 0.25) is 0 Å². The van der Waals surface area contributed by atoms with Gasteiger partial charge in [0.15, 0.2) is 0 Å². The van der Waals surface area contributed by atoms with Crippen LogP contribution in [-0.2, 0) is 9.53 Å². The lowest BCUT2D eigenvalue weighted by Gasteiger charge is -2.24. The second-order valence-electron chi connectivity index (χ2n) is 5.15. The molecular weight excluding hydrogens is 216 g/mol. The predicted octanol–water partition coefficient (Wildman–Crippen LogP) is 1.06. The van der Waals surface area contributed by atoms with E-state index in [1.54, 1.807) is 0 Å². The van der Waals surface area contributed by atoms with Crippen LogP contribution >= 0.6 is 0 Å². The summed E-state index contributed by atoms with van der Waals surface area (Å²) < 4.78 is 5.46. The summed E-state index contributed by atoms with van der Waals surface area (Å²) in [5, 5.41) is 6.41. The van der Waals surface area contributed by atoms with E-state index in [0.717, 1.165) is 57.8 Å². The van der Waals surface area contributed by atoms with Crippen LogP contribution in [0, 0.1) is 5.92 Å². The molecule has 0 aromatic carbocycles. The van der Waals surface area contributed by atoms with Gasteiger partial charge in [0.25, 0.3) is 0 Å². The quantitative estimate of drug-likeness (QED) is 0.772. The summed E-state index contributed by atoms with van der Waals surface area (Å²) in [5.41, 5.74) is 0. The first kappa shape index (κ1) is 12.8. The van der Waals surface area contributed by atoms with Crippen LogP contribution in [0.5, 0.6) is 0 Å². The molecule has 4 nitrogen and oxygen atoms in total. The molecule has 0 bridgehead atoms. The molecule has 0 saturated carbocycles. The minimum atomic E-state index is -0.187. The Morgan fingerprint density at radius 2 is 2.24 bits per heavy atom. The molecule has 2 aliphatic heterocycles. The van der Waals surface area contributed by atoms with Gasteiger partial charge in [-0.15, -0.1) is 0 Å². The van der Waals surface area contributed by atoms with Gasteiger partial charge in [-0.05, 0) is 57.5 Å². The molecule has 1 amide bonds. The maximum Gasteiger partial charge on any atom is 0.249 e. The molecular formula is C13H24N2O2. The van der Waals surface area contributed by atoms with Crippen molar-refractivity contribution in [3.8, 4) is 0 Å². The van der Waals surface area contributed by atoms with E-state index in [2.05, 4.69) is 10.6 Å². The molecule has 0 spiro atoms. The number of nitrogens with one attached hydrogen (secondary N) is 2. The molecule has 0 radical (unpaired) electrons. The summed E-state index contributed by atoms with van der Waals surface area (Å²) in [7, 11) is 0. The van der Waals surface area contributed by atoms with Gasteiger partial charge in [-0.3, -0.25) is 4.79 Å². The Labute approximate surface area is 103 Å². The molecule has 2 N–H and O–H groups in total. The fourth-order valence-electron chi connectivity index (χ4n) is 2.63. The summed E-state index contributed by atoms with van der Waals surface area (Å²) in [6.45, 7) is 3.80. The highest BCUT2D eigenvalue weighted by Gasteiger charge is 2.21. The smallest absolute Gasteiger partial charge is 0.249 e. The highest BCUT2D eigenvalue weighted by atomic mass is 16.5. The van der Waals surface area contributed by atoms with Gasteiger partial charge in [-0.25, -0.2) is 0 Å². The Kier molecular flexibility index (Phi) is 5.26. The maximum atomic E-state index is 11.8. The van der Waals surface area contributed by atoms with Crippen molar-refractivity contribution < 1.29 is 9.53 Å². The van der Waals surface area contributed by atoms with Gasteiger partial charge in [-0.1, -0.05) is 0 Å². The molecule has 2 saturated heterocycles. The van der Waals surface area contributed by atoms with E-state index in [0.29, 0.717) is 0 Å². The van der Waals surface area contributed by atoms with Crippen molar-refractivity contribution in [2.24, 2.45) is 5.92 Å². The Bertz CT molecular complexity index is 234. The van der Waals surface area contributed by atoms with Crippen molar-refractivity contribution >= 4 is 5.91 Å². The molecule has 0 aliphatic carbocycles. The molecule has 2 rings (SSSR count). The lowest BCUT2D eigenvalue weighted by atomic mass is 9.96. The topological polar surface area (TPSA) is 50.4 Å². The van der Waals surface area contributed by atoms with Crippen LogP contribution in [0.4, 0.5) is 0 Å². The van der Waals surface area contributed by atoms with Crippen LogP contribution in [-0.4, -0.2) is 38.3 Å². The normalized spacial score (nSPS) is 29.9. The third-order valence-electron chi connectivity index (χ3n) is 3.72. The summed E-state index contributed by atoms with van der Waals surface area (Å²) in [4.78, 5) is 11.8. The summed E-state index contributed by atoms with van der Waals surface area (Å²) in [6.07, 6.45) is 6.56. The Hall–Kier alpha value is -0.610. The van der Waals surface area contributed by atoms with E-state index < -0.39 is 0 Å². The van der Waals surface area contributed by atoms with Crippen LogP contribution < -0.4 is 10.6 Å². The van der Waals surface area contributed by atoms with E-state index in [-0.39, 0.29) is 12.0 Å². The highest BCUT2D eigenvalue weighted by molar-refractivity contribution is 5.80. The third kappa shape index (κ3) is 4.28. The maximum absolute atomic E-state index is 11.8. The first-order valence-corrected chi connectivity index (χ1v) is 6.96. The summed E-state index contributed by atoms with van der Waals surface area (Å²) in [6, 6.07) is 0. The molecule has 0 aromatic rings. The van der Waals surface area contributed by atoms with Crippen LogP contribution in [0.1, 0.15) is 38.5 Å². The van der Waals surface area contributed by atoms with Gasteiger partial charge in [0.2, 0.25) is 5.91 Å². The Morgan fingerprint density at radius 1 is 1.29 bits per heavy atom. The van der Waals surface area contributed by atoms with Gasteiger partial charge in [0, 0.05) is 13.2 Å². The van der Waals surface area contributed by atoms with Gasteiger partial charge in [0.1, 0.15) is 6.10 Å². The molecule has 2 aliphatic rings. The second kappa shape index (κ2) is 6.97. The lowest BCUT2D eigenvalue weighted by molar-refractivity contribution is -0.135. The van der Waals surface area contributed by atoms with E-state index in [1.165, 1.54) is 12.8 Å². The predicted molar refractivity (Wildman–Crippen MR) is 66.8 cm³/mol. The average molecular weight is 240 g/mol. The minimum Gasteiger partial charge on any atom is -0.368 e. The second-order valence-corrected chi connectivity index (χ2v) is 5.15. The molecule has 0 aromatic heterocycles. The van der Waals surface area contributed by atoms with Crippen molar-refractivity contribution in [1.82, 2.24) is 10.6 Å². The SMILES string of the molecule is O=C(NCCC1CCCNC1)C1CCCCO1. The molecule has 2 atom stereocenters. The standard InChI is InChI=1S/C13H24N2O2/c16-13(12-5-1-2-9-17-12)15-8-6-11-4-3-7-14-10-11/h11-12,14H,1-10H2,(H,15,16). The van der Waals surface area contributed by atoms with Gasteiger partial charge < -0.3 is 15.4 Å². The van der Waals surface area contributed by atoms with Crippen LogP contribution in [0.25, 0.3) is 0 Å². The number of hydrogen-bond donors (Lipinski definition) is 2. The fraction of sp³-hybridized carbons (Fsp3) is 0.923. The van der Waals surface area contributed by atoms with E-state index in [9.17, 15) is 4.79 Å². The van der Waals surface area contributed by atoms with E-state index >= 15 is 0 Å². The van der Waals surface area contributed by atoms with Crippen molar-refractivity contribution in [2.45, 2.75) is 44.6 Å². The number of ether oxygens (including phenoxy) is 1. The zero-order valence-electron chi connectivity index (χ0n) is 10.5. The highest BCUT2D eigenvalue weighted by Crippen LogP contribution is 2.14. The molecule has 2 unspecified atom stereocenters. The summed E-state index contributed by atoms with van der Waals surface area (Å²) >= 11 is 0. The van der Waals surface area contributed by atoms with Crippen LogP contribution in [0.15, 0.2) is 0 Å². The van der Waals surface area contributed by atoms with Crippen molar-refractivity contribution in [2.75, 3.05) is 26.2 Å². The fourth-order valence-corrected chi connectivity index (χ4v) is 2.63. The molecule has 98 valence electrons. The minimum absolute atomic E-state index is 0.0912. The molecule has 4 heteroatoms. The lowest BCUT2D eigenvalue weighted by Crippen LogP contribution is -2.40. The first-order valence-electron chi connectivity index (χ1n) is 6.96. The van der Waals surface area contributed by atoms with Crippen molar-refractivity contribution in [3.05, 3.63) is 0 Å². The molecule has 2 fully saturated rings. The van der Waals surface area contributed by atoms with E-state index in [4.69, 9.17) is 4.74 Å². The van der Waals surface area contributed by atoms with Gasteiger partial charge in [-0.2, -0.15) is 0 Å². The van der Waals surface area contributed by atoms with Crippen molar-refractivity contribution in [3.63, 3.8) is 0 Å².